The Labute approximate surface area is 112 Å². The van der Waals surface area contributed by atoms with Crippen LogP contribution in [0.25, 0.3) is 10.2 Å². The van der Waals surface area contributed by atoms with Gasteiger partial charge >= 0.3 is 5.97 Å². The van der Waals surface area contributed by atoms with Gasteiger partial charge in [0.05, 0.1) is 5.75 Å². The van der Waals surface area contributed by atoms with E-state index in [1.54, 1.807) is 11.3 Å². The summed E-state index contributed by atoms with van der Waals surface area (Å²) in [5.41, 5.74) is 1.24. The lowest BCUT2D eigenvalue weighted by Gasteiger charge is -2.01. The molecule has 0 amide bonds. The first-order valence-electron chi connectivity index (χ1n) is 5.75. The minimum absolute atomic E-state index is 0.0418. The number of thioether (sulfide) groups is 1. The molecule has 2 aromatic heterocycles. The fourth-order valence-corrected chi connectivity index (χ4v) is 4.19. The van der Waals surface area contributed by atoms with Crippen LogP contribution in [0.5, 0.6) is 0 Å². The van der Waals surface area contributed by atoms with Gasteiger partial charge in [0, 0.05) is 10.3 Å². The van der Waals surface area contributed by atoms with Crippen molar-refractivity contribution in [1.29, 1.82) is 0 Å². The molecule has 0 bridgehead atoms. The van der Waals surface area contributed by atoms with E-state index in [0.717, 1.165) is 15.2 Å². The van der Waals surface area contributed by atoms with Crippen LogP contribution in [-0.2, 0) is 4.79 Å². The molecule has 2 aromatic rings. The first-order chi connectivity index (χ1) is 8.66. The van der Waals surface area contributed by atoms with Gasteiger partial charge in [0.1, 0.15) is 16.2 Å². The molecule has 94 valence electrons. The zero-order chi connectivity index (χ0) is 12.7. The minimum Gasteiger partial charge on any atom is -0.481 e. The predicted octanol–water partition coefficient (Wildman–Crippen LogP) is 3.05. The van der Waals surface area contributed by atoms with E-state index >= 15 is 0 Å². The highest BCUT2D eigenvalue weighted by Gasteiger charge is 2.29. The molecule has 0 aliphatic heterocycles. The van der Waals surface area contributed by atoms with Gasteiger partial charge in [0.25, 0.3) is 0 Å². The zero-order valence-corrected chi connectivity index (χ0v) is 11.5. The van der Waals surface area contributed by atoms with Crippen molar-refractivity contribution in [3.8, 4) is 0 Å². The van der Waals surface area contributed by atoms with Crippen molar-refractivity contribution in [2.75, 3.05) is 5.75 Å². The summed E-state index contributed by atoms with van der Waals surface area (Å²) in [4.78, 5) is 21.6. The molecule has 1 N–H and O–H groups in total. The van der Waals surface area contributed by atoms with E-state index in [4.69, 9.17) is 5.11 Å². The molecule has 1 aliphatic rings. The maximum Gasteiger partial charge on any atom is 0.313 e. The Kier molecular flexibility index (Phi) is 2.99. The predicted molar refractivity (Wildman–Crippen MR) is 72.5 cm³/mol. The van der Waals surface area contributed by atoms with Gasteiger partial charge in [0.2, 0.25) is 0 Å². The Hall–Kier alpha value is -1.14. The second-order valence-corrected chi connectivity index (χ2v) is 6.40. The number of carbonyl (C=O) groups is 1. The Morgan fingerprint density at radius 2 is 2.33 bits per heavy atom. The number of carboxylic acid groups (broad SMARTS) is 1. The number of aryl methyl sites for hydroxylation is 1. The molecule has 6 heteroatoms. The second-order valence-electron chi connectivity index (χ2n) is 4.41. The van der Waals surface area contributed by atoms with Crippen LogP contribution in [0, 0.1) is 6.92 Å². The molecule has 2 heterocycles. The van der Waals surface area contributed by atoms with Gasteiger partial charge in [0.15, 0.2) is 0 Å². The summed E-state index contributed by atoms with van der Waals surface area (Å²) in [5.74, 6) is -0.0799. The van der Waals surface area contributed by atoms with Crippen LogP contribution in [0.15, 0.2) is 11.4 Å². The van der Waals surface area contributed by atoms with Gasteiger partial charge < -0.3 is 5.11 Å². The third-order valence-electron chi connectivity index (χ3n) is 3.01. The Balaban J connectivity index is 2.05. The van der Waals surface area contributed by atoms with E-state index < -0.39 is 5.97 Å². The quantitative estimate of drug-likeness (QED) is 0.689. The summed E-state index contributed by atoms with van der Waals surface area (Å²) in [6.45, 7) is 2.10. The molecule has 0 unspecified atom stereocenters. The highest BCUT2D eigenvalue weighted by Crippen LogP contribution is 2.48. The van der Waals surface area contributed by atoms with Crippen LogP contribution in [0.2, 0.25) is 0 Å². The summed E-state index contributed by atoms with van der Waals surface area (Å²) >= 11 is 3.00. The molecule has 0 spiro atoms. The third-order valence-corrected chi connectivity index (χ3v) is 5.35. The van der Waals surface area contributed by atoms with Crippen molar-refractivity contribution in [2.45, 2.75) is 30.7 Å². The number of nitrogens with zero attached hydrogens (tertiary/aromatic N) is 2. The average Bonchev–Trinajstić information content (AvgIpc) is 3.12. The lowest BCUT2D eigenvalue weighted by Crippen LogP contribution is -1.98. The van der Waals surface area contributed by atoms with Crippen LogP contribution in [0.3, 0.4) is 0 Å². The van der Waals surface area contributed by atoms with Crippen molar-refractivity contribution in [2.24, 2.45) is 0 Å². The number of fused-ring (bicyclic) bond motifs is 1. The molecule has 1 fully saturated rings. The Bertz CT molecular complexity index is 620. The van der Waals surface area contributed by atoms with Gasteiger partial charge in [-0.25, -0.2) is 9.97 Å². The molecule has 0 radical (unpaired) electrons. The van der Waals surface area contributed by atoms with Crippen LogP contribution in [-0.4, -0.2) is 26.8 Å². The molecule has 3 rings (SSSR count). The Morgan fingerprint density at radius 1 is 1.56 bits per heavy atom. The standard InChI is InChI=1S/C12H12N2O2S2/c1-6-9-11(17-4-8(15)16)13-5-14-12(9)18-10(6)7-2-3-7/h5,7H,2-4H2,1H3,(H,15,16). The van der Waals surface area contributed by atoms with Crippen molar-refractivity contribution in [1.82, 2.24) is 9.97 Å². The van der Waals surface area contributed by atoms with Crippen LogP contribution in [0.1, 0.15) is 29.2 Å². The molecule has 0 aromatic carbocycles. The molecular formula is C12H12N2O2S2. The molecular weight excluding hydrogens is 268 g/mol. The maximum absolute atomic E-state index is 10.7. The summed E-state index contributed by atoms with van der Waals surface area (Å²) in [6, 6.07) is 0. The second kappa shape index (κ2) is 4.51. The first-order valence-corrected chi connectivity index (χ1v) is 7.55. The van der Waals surface area contributed by atoms with Crippen molar-refractivity contribution in [3.63, 3.8) is 0 Å². The van der Waals surface area contributed by atoms with E-state index in [9.17, 15) is 4.79 Å². The third kappa shape index (κ3) is 2.10. The number of carboxylic acids is 1. The molecule has 1 saturated carbocycles. The first kappa shape index (κ1) is 11.9. The highest BCUT2D eigenvalue weighted by molar-refractivity contribution is 8.00. The molecule has 1 aliphatic carbocycles. The maximum atomic E-state index is 10.7. The van der Waals surface area contributed by atoms with E-state index in [1.807, 2.05) is 0 Å². The molecule has 0 saturated heterocycles. The average molecular weight is 280 g/mol. The largest absolute Gasteiger partial charge is 0.481 e. The fourth-order valence-electron chi connectivity index (χ4n) is 2.03. The van der Waals surface area contributed by atoms with E-state index in [2.05, 4.69) is 16.9 Å². The van der Waals surface area contributed by atoms with Crippen LogP contribution >= 0.6 is 23.1 Å². The summed E-state index contributed by atoms with van der Waals surface area (Å²) in [5, 5.41) is 10.6. The van der Waals surface area contributed by atoms with E-state index in [-0.39, 0.29) is 5.75 Å². The Morgan fingerprint density at radius 3 is 3.00 bits per heavy atom. The smallest absolute Gasteiger partial charge is 0.313 e. The van der Waals surface area contributed by atoms with E-state index in [1.165, 1.54) is 41.4 Å². The molecule has 18 heavy (non-hydrogen) atoms. The highest BCUT2D eigenvalue weighted by atomic mass is 32.2. The normalized spacial score (nSPS) is 15.2. The van der Waals surface area contributed by atoms with Crippen molar-refractivity contribution < 1.29 is 9.90 Å². The molecule has 0 atom stereocenters. The summed E-state index contributed by atoms with van der Waals surface area (Å²) < 4.78 is 0. The van der Waals surface area contributed by atoms with Crippen molar-refractivity contribution >= 4 is 39.3 Å². The topological polar surface area (TPSA) is 63.1 Å². The number of hydrogen-bond acceptors (Lipinski definition) is 5. The number of hydrogen-bond donors (Lipinski definition) is 1. The van der Waals surface area contributed by atoms with Gasteiger partial charge in [-0.15, -0.1) is 11.3 Å². The minimum atomic E-state index is -0.818. The summed E-state index contributed by atoms with van der Waals surface area (Å²) in [7, 11) is 0. The van der Waals surface area contributed by atoms with Gasteiger partial charge in [-0.1, -0.05) is 11.8 Å². The fraction of sp³-hybridized carbons (Fsp3) is 0.417. The lowest BCUT2D eigenvalue weighted by atomic mass is 10.2. The lowest BCUT2D eigenvalue weighted by molar-refractivity contribution is -0.133. The summed E-state index contributed by atoms with van der Waals surface area (Å²) in [6.07, 6.45) is 4.05. The number of thiophene rings is 1. The van der Waals surface area contributed by atoms with Gasteiger partial charge in [-0.05, 0) is 31.2 Å². The van der Waals surface area contributed by atoms with Gasteiger partial charge in [-0.3, -0.25) is 4.79 Å². The zero-order valence-electron chi connectivity index (χ0n) is 9.84. The van der Waals surface area contributed by atoms with Gasteiger partial charge in [-0.2, -0.15) is 0 Å². The van der Waals surface area contributed by atoms with E-state index in [0.29, 0.717) is 5.92 Å². The van der Waals surface area contributed by atoms with Crippen LogP contribution in [0.4, 0.5) is 0 Å². The monoisotopic (exact) mass is 280 g/mol. The number of rotatable bonds is 4. The number of aromatic nitrogens is 2. The van der Waals surface area contributed by atoms with Crippen molar-refractivity contribution in [3.05, 3.63) is 16.8 Å². The SMILES string of the molecule is Cc1c(C2CC2)sc2ncnc(SCC(=O)O)c12. The number of aliphatic carboxylic acids is 1. The van der Waals surface area contributed by atoms with Crippen LogP contribution < -0.4 is 0 Å². The molecule has 4 nitrogen and oxygen atoms in total.